The van der Waals surface area contributed by atoms with Gasteiger partial charge in [-0.15, -0.1) is 0 Å². The Morgan fingerprint density at radius 1 is 1.14 bits per heavy atom. The van der Waals surface area contributed by atoms with Crippen LogP contribution in [-0.4, -0.2) is 46.3 Å². The molecule has 1 aliphatic rings. The number of aliphatic hydroxyl groups excluding tert-OH is 3. The van der Waals surface area contributed by atoms with Crippen LogP contribution in [0, 0.1) is 5.41 Å². The molecule has 84 valence electrons. The van der Waals surface area contributed by atoms with Gasteiger partial charge in [-0.05, 0) is 11.8 Å². The third kappa shape index (κ3) is 2.92. The molecule has 0 saturated carbocycles. The van der Waals surface area contributed by atoms with Crippen molar-refractivity contribution in [3.05, 3.63) is 0 Å². The van der Waals surface area contributed by atoms with E-state index >= 15 is 0 Å². The zero-order chi connectivity index (χ0) is 10.9. The molecular weight excluding hydrogens is 184 g/mol. The van der Waals surface area contributed by atoms with E-state index in [1.54, 1.807) is 0 Å². The summed E-state index contributed by atoms with van der Waals surface area (Å²) in [5.74, 6) is 0. The van der Waals surface area contributed by atoms with Gasteiger partial charge in [0.15, 0.2) is 0 Å². The molecule has 0 spiro atoms. The predicted molar refractivity (Wildman–Crippen MR) is 51.8 cm³/mol. The average Bonchev–Trinajstić information content (AvgIpc) is 2.04. The minimum atomic E-state index is -1.09. The second-order valence-electron chi connectivity index (χ2n) is 5.19. The molecule has 0 bridgehead atoms. The van der Waals surface area contributed by atoms with Crippen molar-refractivity contribution < 1.29 is 20.1 Å². The molecule has 1 aliphatic heterocycles. The SMILES string of the molecule is CC(C)(C)C[C@H]1OC[C@@H](O)[C@@H](O)[C@H]1O. The van der Waals surface area contributed by atoms with Crippen LogP contribution in [0.2, 0.25) is 0 Å². The molecule has 0 aromatic carbocycles. The highest BCUT2D eigenvalue weighted by molar-refractivity contribution is 4.88. The molecule has 1 saturated heterocycles. The van der Waals surface area contributed by atoms with E-state index in [1.807, 2.05) is 20.8 Å². The maximum Gasteiger partial charge on any atom is 0.111 e. The van der Waals surface area contributed by atoms with Crippen molar-refractivity contribution in [3.8, 4) is 0 Å². The van der Waals surface area contributed by atoms with E-state index < -0.39 is 18.3 Å². The standard InChI is InChI=1S/C10H20O4/c1-10(2,3)4-7-9(13)8(12)6(11)5-14-7/h6-9,11-13H,4-5H2,1-3H3/t6-,7-,8-,9+/m1/s1. The van der Waals surface area contributed by atoms with Crippen molar-refractivity contribution >= 4 is 0 Å². The van der Waals surface area contributed by atoms with Gasteiger partial charge in [0, 0.05) is 0 Å². The molecule has 1 rings (SSSR count). The fourth-order valence-electron chi connectivity index (χ4n) is 1.65. The molecule has 14 heavy (non-hydrogen) atoms. The lowest BCUT2D eigenvalue weighted by Crippen LogP contribution is -2.53. The summed E-state index contributed by atoms with van der Waals surface area (Å²) >= 11 is 0. The molecule has 0 aromatic rings. The molecule has 4 atom stereocenters. The minimum absolute atomic E-state index is 0.0354. The van der Waals surface area contributed by atoms with Crippen LogP contribution >= 0.6 is 0 Å². The molecule has 1 heterocycles. The monoisotopic (exact) mass is 204 g/mol. The van der Waals surface area contributed by atoms with E-state index in [-0.39, 0.29) is 18.1 Å². The highest BCUT2D eigenvalue weighted by Crippen LogP contribution is 2.27. The molecule has 0 unspecified atom stereocenters. The number of rotatable bonds is 1. The fraction of sp³-hybridized carbons (Fsp3) is 1.00. The fourth-order valence-corrected chi connectivity index (χ4v) is 1.65. The van der Waals surface area contributed by atoms with Crippen LogP contribution in [0.1, 0.15) is 27.2 Å². The summed E-state index contributed by atoms with van der Waals surface area (Å²) in [5.41, 5.74) is 0.0354. The summed E-state index contributed by atoms with van der Waals surface area (Å²) in [5, 5.41) is 28.3. The van der Waals surface area contributed by atoms with E-state index in [9.17, 15) is 15.3 Å². The van der Waals surface area contributed by atoms with Gasteiger partial charge >= 0.3 is 0 Å². The largest absolute Gasteiger partial charge is 0.388 e. The van der Waals surface area contributed by atoms with E-state index in [1.165, 1.54) is 0 Å². The second-order valence-corrected chi connectivity index (χ2v) is 5.19. The van der Waals surface area contributed by atoms with Gasteiger partial charge < -0.3 is 20.1 Å². The van der Waals surface area contributed by atoms with Crippen molar-refractivity contribution in [2.75, 3.05) is 6.61 Å². The zero-order valence-corrected chi connectivity index (χ0v) is 8.97. The Morgan fingerprint density at radius 3 is 2.21 bits per heavy atom. The van der Waals surface area contributed by atoms with E-state index in [0.29, 0.717) is 6.42 Å². The first-order valence-corrected chi connectivity index (χ1v) is 4.97. The number of hydrogen-bond acceptors (Lipinski definition) is 4. The molecule has 0 aliphatic carbocycles. The summed E-state index contributed by atoms with van der Waals surface area (Å²) in [6.45, 7) is 6.22. The third-order valence-corrected chi connectivity index (χ3v) is 2.42. The Labute approximate surface area is 84.5 Å². The van der Waals surface area contributed by atoms with Crippen LogP contribution in [0.4, 0.5) is 0 Å². The van der Waals surface area contributed by atoms with Crippen molar-refractivity contribution in [2.24, 2.45) is 5.41 Å². The van der Waals surface area contributed by atoms with Crippen molar-refractivity contribution in [2.45, 2.75) is 51.6 Å². The lowest BCUT2D eigenvalue weighted by atomic mass is 9.85. The van der Waals surface area contributed by atoms with Gasteiger partial charge in [-0.25, -0.2) is 0 Å². The highest BCUT2D eigenvalue weighted by Gasteiger charge is 2.38. The predicted octanol–water partition coefficient (Wildman–Crippen LogP) is -0.0959. The number of hydrogen-bond donors (Lipinski definition) is 3. The Hall–Kier alpha value is -0.160. The maximum atomic E-state index is 9.64. The van der Waals surface area contributed by atoms with Crippen LogP contribution in [-0.2, 0) is 4.74 Å². The Morgan fingerprint density at radius 2 is 1.71 bits per heavy atom. The molecule has 3 N–H and O–H groups in total. The maximum absolute atomic E-state index is 9.64. The molecule has 0 radical (unpaired) electrons. The van der Waals surface area contributed by atoms with Gasteiger partial charge in [-0.2, -0.15) is 0 Å². The Balaban J connectivity index is 2.55. The molecular formula is C10H20O4. The normalized spacial score (nSPS) is 39.9. The van der Waals surface area contributed by atoms with Crippen LogP contribution < -0.4 is 0 Å². The molecule has 4 nitrogen and oxygen atoms in total. The highest BCUT2D eigenvalue weighted by atomic mass is 16.5. The van der Waals surface area contributed by atoms with Crippen molar-refractivity contribution in [1.29, 1.82) is 0 Å². The first-order chi connectivity index (χ1) is 6.31. The number of aliphatic hydroxyl groups is 3. The summed E-state index contributed by atoms with van der Waals surface area (Å²) in [6, 6.07) is 0. The number of ether oxygens (including phenoxy) is 1. The third-order valence-electron chi connectivity index (χ3n) is 2.42. The summed E-state index contributed by atoms with van der Waals surface area (Å²) < 4.78 is 5.29. The first-order valence-electron chi connectivity index (χ1n) is 4.97. The quantitative estimate of drug-likeness (QED) is 0.558. The van der Waals surface area contributed by atoms with Crippen LogP contribution in [0.25, 0.3) is 0 Å². The van der Waals surface area contributed by atoms with Gasteiger partial charge in [0.05, 0.1) is 12.7 Å². The van der Waals surface area contributed by atoms with Crippen molar-refractivity contribution in [3.63, 3.8) is 0 Å². The van der Waals surface area contributed by atoms with Gasteiger partial charge in [-0.3, -0.25) is 0 Å². The smallest absolute Gasteiger partial charge is 0.111 e. The molecule has 4 heteroatoms. The Bertz CT molecular complexity index is 187. The lowest BCUT2D eigenvalue weighted by Gasteiger charge is -2.38. The minimum Gasteiger partial charge on any atom is -0.388 e. The molecule has 0 amide bonds. The van der Waals surface area contributed by atoms with Gasteiger partial charge in [0.25, 0.3) is 0 Å². The molecule has 0 aromatic heterocycles. The van der Waals surface area contributed by atoms with E-state index in [2.05, 4.69) is 0 Å². The van der Waals surface area contributed by atoms with Gasteiger partial charge in [0.2, 0.25) is 0 Å². The first kappa shape index (κ1) is 11.9. The summed E-state index contributed by atoms with van der Waals surface area (Å²) in [4.78, 5) is 0. The summed E-state index contributed by atoms with van der Waals surface area (Å²) in [6.07, 6.45) is -2.76. The van der Waals surface area contributed by atoms with Gasteiger partial charge in [-0.1, -0.05) is 20.8 Å². The van der Waals surface area contributed by atoms with Crippen LogP contribution in [0.15, 0.2) is 0 Å². The Kier molecular flexibility index (Phi) is 3.53. The van der Waals surface area contributed by atoms with Crippen LogP contribution in [0.5, 0.6) is 0 Å². The zero-order valence-electron chi connectivity index (χ0n) is 8.97. The lowest BCUT2D eigenvalue weighted by molar-refractivity contribution is -0.193. The van der Waals surface area contributed by atoms with E-state index in [0.717, 1.165) is 0 Å². The molecule has 1 fully saturated rings. The topological polar surface area (TPSA) is 69.9 Å². The van der Waals surface area contributed by atoms with E-state index in [4.69, 9.17) is 4.74 Å². The van der Waals surface area contributed by atoms with Crippen LogP contribution in [0.3, 0.4) is 0 Å². The van der Waals surface area contributed by atoms with Gasteiger partial charge in [0.1, 0.15) is 18.3 Å². The second kappa shape index (κ2) is 4.14. The summed E-state index contributed by atoms with van der Waals surface area (Å²) in [7, 11) is 0. The van der Waals surface area contributed by atoms with Crippen molar-refractivity contribution in [1.82, 2.24) is 0 Å². The average molecular weight is 204 g/mol.